The van der Waals surface area contributed by atoms with E-state index >= 15 is 0 Å². The van der Waals surface area contributed by atoms with E-state index in [4.69, 9.17) is 15.6 Å². The van der Waals surface area contributed by atoms with Crippen LogP contribution in [0, 0.1) is 10.8 Å². The van der Waals surface area contributed by atoms with E-state index < -0.39 is 0 Å². The van der Waals surface area contributed by atoms with Crippen LogP contribution < -0.4 is 0 Å². The summed E-state index contributed by atoms with van der Waals surface area (Å²) in [6.07, 6.45) is 6.56. The number of hydrogen-bond donors (Lipinski definition) is 2. The Bertz CT molecular complexity index is 387. The van der Waals surface area contributed by atoms with Gasteiger partial charge in [0.25, 0.3) is 0 Å². The molecule has 0 aliphatic rings. The number of ether oxygens (including phenoxy) is 1. The van der Waals surface area contributed by atoms with Crippen LogP contribution in [-0.2, 0) is 4.74 Å². The Labute approximate surface area is 140 Å². The van der Waals surface area contributed by atoms with Crippen molar-refractivity contribution in [2.75, 3.05) is 27.9 Å². The normalized spacial score (nSPS) is 9.30. The van der Waals surface area contributed by atoms with E-state index in [0.717, 1.165) is 6.42 Å². The van der Waals surface area contributed by atoms with Crippen molar-refractivity contribution < 1.29 is 4.74 Å². The van der Waals surface area contributed by atoms with Crippen LogP contribution in [0.5, 0.6) is 0 Å². The molecular formula is C15H31N7O. The van der Waals surface area contributed by atoms with Gasteiger partial charge in [-0.25, -0.2) is 15.0 Å². The third-order valence-electron chi connectivity index (χ3n) is 2.06. The quantitative estimate of drug-likeness (QED) is 0.273. The lowest BCUT2D eigenvalue weighted by molar-refractivity contribution is 0.123. The maximum absolute atomic E-state index is 7.10. The van der Waals surface area contributed by atoms with Gasteiger partial charge in [-0.05, 0) is 33.7 Å². The molecule has 0 saturated heterocycles. The van der Waals surface area contributed by atoms with Crippen LogP contribution in [-0.4, -0.2) is 69.4 Å². The average molecular weight is 325 g/mol. The number of nitrogens with one attached hydrogen (secondary N) is 2. The smallest absolute Gasteiger partial charge is 0.237 e. The molecule has 0 unspecified atom stereocenters. The third-order valence-corrected chi connectivity index (χ3v) is 2.06. The zero-order chi connectivity index (χ0) is 18.7. The first-order chi connectivity index (χ1) is 10.9. The second-order valence-corrected chi connectivity index (χ2v) is 3.98. The molecule has 0 bridgehead atoms. The molecule has 0 aromatic carbocycles. The van der Waals surface area contributed by atoms with Crippen LogP contribution in [0.15, 0.2) is 27.2 Å². The Morgan fingerprint density at radius 2 is 1.57 bits per heavy atom. The molecule has 8 nitrogen and oxygen atoms in total. The van der Waals surface area contributed by atoms with Crippen molar-refractivity contribution >= 4 is 31.6 Å². The number of methoxy groups -OCH3 is 1. The van der Waals surface area contributed by atoms with Crippen LogP contribution in [0.25, 0.3) is 0 Å². The van der Waals surface area contributed by atoms with Gasteiger partial charge in [-0.2, -0.15) is 5.10 Å². The molecule has 0 spiro atoms. The molecule has 0 heterocycles. The Hall–Kier alpha value is -2.35. The number of aliphatic imine (C=N–C) groups is 2. The van der Waals surface area contributed by atoms with Crippen molar-refractivity contribution in [3.8, 4) is 0 Å². The minimum atomic E-state index is 0.0599. The van der Waals surface area contributed by atoms with E-state index in [9.17, 15) is 0 Å². The first-order valence-electron chi connectivity index (χ1n) is 7.00. The Morgan fingerprint density at radius 1 is 1.09 bits per heavy atom. The van der Waals surface area contributed by atoms with E-state index in [1.54, 1.807) is 27.4 Å². The first-order valence-corrected chi connectivity index (χ1v) is 7.00. The summed E-state index contributed by atoms with van der Waals surface area (Å²) in [5.41, 5.74) is 0. The van der Waals surface area contributed by atoms with Crippen molar-refractivity contribution in [1.82, 2.24) is 9.91 Å². The Balaban J connectivity index is -0.000000284. The second kappa shape index (κ2) is 19.7. The van der Waals surface area contributed by atoms with Crippen LogP contribution in [0.1, 0.15) is 27.2 Å². The van der Waals surface area contributed by atoms with Gasteiger partial charge in [0.2, 0.25) is 11.9 Å². The fourth-order valence-electron chi connectivity index (χ4n) is 0.737. The van der Waals surface area contributed by atoms with Crippen LogP contribution in [0.2, 0.25) is 0 Å². The lowest BCUT2D eigenvalue weighted by atomic mass is 10.6. The summed E-state index contributed by atoms with van der Waals surface area (Å²) >= 11 is 0. The van der Waals surface area contributed by atoms with Gasteiger partial charge in [0.15, 0.2) is 0 Å². The highest BCUT2D eigenvalue weighted by Crippen LogP contribution is 1.85. The summed E-state index contributed by atoms with van der Waals surface area (Å²) in [6, 6.07) is 0. The van der Waals surface area contributed by atoms with Crippen molar-refractivity contribution in [3.05, 3.63) is 12.2 Å². The van der Waals surface area contributed by atoms with Gasteiger partial charge in [0.05, 0.1) is 0 Å². The largest absolute Gasteiger partial charge is 0.364 e. The average Bonchev–Trinajstić information content (AvgIpc) is 2.58. The SMILES string of the molecule is C=NC(=N)N(C)/N=C/CC.C=NC(=N)N(C)COC.CC=CC. The molecule has 132 valence electrons. The predicted octanol–water partition coefficient (Wildman–Crippen LogP) is 2.69. The maximum atomic E-state index is 7.10. The summed E-state index contributed by atoms with van der Waals surface area (Å²) < 4.78 is 4.72. The van der Waals surface area contributed by atoms with Gasteiger partial charge in [-0.1, -0.05) is 19.1 Å². The van der Waals surface area contributed by atoms with Crippen molar-refractivity contribution in [3.63, 3.8) is 0 Å². The van der Waals surface area contributed by atoms with E-state index in [-0.39, 0.29) is 11.9 Å². The van der Waals surface area contributed by atoms with Gasteiger partial charge >= 0.3 is 0 Å². The lowest BCUT2D eigenvalue weighted by Gasteiger charge is -2.13. The van der Waals surface area contributed by atoms with E-state index in [0.29, 0.717) is 6.73 Å². The Kier molecular flexibility index (Phi) is 21.9. The molecule has 0 atom stereocenters. The van der Waals surface area contributed by atoms with Crippen molar-refractivity contribution in [2.45, 2.75) is 27.2 Å². The van der Waals surface area contributed by atoms with Crippen LogP contribution >= 0.6 is 0 Å². The fourth-order valence-corrected chi connectivity index (χ4v) is 0.737. The number of allylic oxidation sites excluding steroid dienone is 2. The van der Waals surface area contributed by atoms with Gasteiger partial charge in [-0.15, -0.1) is 0 Å². The summed E-state index contributed by atoms with van der Waals surface area (Å²) in [7, 11) is 4.93. The monoisotopic (exact) mass is 325 g/mol. The molecule has 0 aromatic heterocycles. The highest BCUT2D eigenvalue weighted by molar-refractivity contribution is 5.81. The van der Waals surface area contributed by atoms with E-state index in [1.165, 1.54) is 9.91 Å². The highest BCUT2D eigenvalue weighted by Gasteiger charge is 1.97. The summed E-state index contributed by atoms with van der Waals surface area (Å²) in [5.74, 6) is 0.182. The van der Waals surface area contributed by atoms with Gasteiger partial charge in [-0.3, -0.25) is 10.8 Å². The summed E-state index contributed by atoms with van der Waals surface area (Å²) in [4.78, 5) is 8.31. The molecule has 0 amide bonds. The molecule has 2 N–H and O–H groups in total. The number of hydrazone groups is 1. The second-order valence-electron chi connectivity index (χ2n) is 3.98. The maximum Gasteiger partial charge on any atom is 0.237 e. The van der Waals surface area contributed by atoms with E-state index in [2.05, 4.69) is 28.5 Å². The molecular weight excluding hydrogens is 294 g/mol. The highest BCUT2D eigenvalue weighted by atomic mass is 16.5. The number of hydrogen-bond acceptors (Lipinski definition) is 4. The molecule has 0 aromatic rings. The predicted molar refractivity (Wildman–Crippen MR) is 101 cm³/mol. The van der Waals surface area contributed by atoms with Crippen molar-refractivity contribution in [1.29, 1.82) is 10.8 Å². The first kappa shape index (κ1) is 25.6. The number of guanidine groups is 2. The van der Waals surface area contributed by atoms with Crippen LogP contribution in [0.4, 0.5) is 0 Å². The summed E-state index contributed by atoms with van der Waals surface area (Å²) in [6.45, 7) is 12.7. The number of nitrogens with zero attached hydrogens (tertiary/aromatic N) is 5. The molecule has 0 aliphatic heterocycles. The molecule has 23 heavy (non-hydrogen) atoms. The third kappa shape index (κ3) is 19.6. The zero-order valence-corrected chi connectivity index (χ0v) is 15.2. The number of rotatable bonds is 4. The van der Waals surface area contributed by atoms with E-state index in [1.807, 2.05) is 32.9 Å². The van der Waals surface area contributed by atoms with Crippen LogP contribution in [0.3, 0.4) is 0 Å². The lowest BCUT2D eigenvalue weighted by Crippen LogP contribution is -2.25. The Morgan fingerprint density at radius 3 is 1.87 bits per heavy atom. The molecule has 0 radical (unpaired) electrons. The molecule has 0 saturated carbocycles. The topological polar surface area (TPSA) is 100 Å². The fraction of sp³-hybridized carbons (Fsp3) is 0.533. The molecule has 0 fully saturated rings. The minimum absolute atomic E-state index is 0.0599. The summed E-state index contributed by atoms with van der Waals surface area (Å²) in [5, 5.41) is 19.4. The molecule has 0 rings (SSSR count). The van der Waals surface area contributed by atoms with Gasteiger partial charge in [0, 0.05) is 27.4 Å². The standard InChI is InChI=1S/C6H12N4.C5H11N3O.C4H8/c1-4-5-9-10(3)6(7)8-2;1-7-5(6)8(2)4-9-3;1-3-4-2/h5,7H,2,4H2,1,3H3;6H,1,4H2,2-3H3;3-4H,1-2H3/b7-6?,9-5+;;. The molecule has 8 heteroatoms. The van der Waals surface area contributed by atoms with Crippen molar-refractivity contribution in [2.24, 2.45) is 15.1 Å². The minimum Gasteiger partial charge on any atom is -0.364 e. The zero-order valence-electron chi connectivity index (χ0n) is 15.2. The molecule has 0 aliphatic carbocycles. The van der Waals surface area contributed by atoms with Gasteiger partial charge < -0.3 is 9.64 Å². The van der Waals surface area contributed by atoms with Gasteiger partial charge in [0.1, 0.15) is 6.73 Å².